The lowest BCUT2D eigenvalue weighted by molar-refractivity contribution is -0.140. The molecule has 3 aromatic carbocycles. The molecule has 6 nitrogen and oxygen atoms in total. The highest BCUT2D eigenvalue weighted by atomic mass is 35.5. The predicted molar refractivity (Wildman–Crippen MR) is 133 cm³/mol. The van der Waals surface area contributed by atoms with Crippen LogP contribution in [0.4, 0.5) is 15.2 Å². The number of benzene rings is 3. The van der Waals surface area contributed by atoms with Gasteiger partial charge in [-0.15, -0.1) is 0 Å². The van der Waals surface area contributed by atoms with Crippen molar-refractivity contribution in [2.24, 2.45) is 5.92 Å². The Kier molecular flexibility index (Phi) is 6.81. The summed E-state index contributed by atoms with van der Waals surface area (Å²) in [6, 6.07) is 16.3. The van der Waals surface area contributed by atoms with E-state index in [4.69, 9.17) is 11.6 Å². The number of carboxylic acids is 1. The minimum atomic E-state index is -1.10. The molecule has 0 aliphatic rings. The second-order valence-electron chi connectivity index (χ2n) is 8.04. The number of rotatable bonds is 7. The predicted octanol–water partition coefficient (Wildman–Crippen LogP) is 6.34. The van der Waals surface area contributed by atoms with Gasteiger partial charge in [-0.3, -0.25) is 4.79 Å². The van der Waals surface area contributed by atoms with Gasteiger partial charge in [0.15, 0.2) is 5.13 Å². The molecule has 34 heavy (non-hydrogen) atoms. The molecule has 0 radical (unpaired) electrons. The maximum atomic E-state index is 13.9. The highest BCUT2D eigenvalue weighted by molar-refractivity contribution is 7.22. The minimum Gasteiger partial charge on any atom is -0.480 e. The van der Waals surface area contributed by atoms with Gasteiger partial charge >= 0.3 is 5.97 Å². The molecule has 0 bridgehead atoms. The zero-order valence-corrected chi connectivity index (χ0v) is 19.9. The highest BCUT2D eigenvalue weighted by Crippen LogP contribution is 2.31. The summed E-state index contributed by atoms with van der Waals surface area (Å²) in [7, 11) is 0. The van der Waals surface area contributed by atoms with Crippen LogP contribution in [-0.2, 0) is 4.79 Å². The Hall–Kier alpha value is -3.49. The molecule has 0 unspecified atom stereocenters. The molecule has 1 amide bonds. The summed E-state index contributed by atoms with van der Waals surface area (Å²) in [6.45, 7) is 3.44. The van der Waals surface area contributed by atoms with Crippen molar-refractivity contribution in [1.29, 1.82) is 0 Å². The summed E-state index contributed by atoms with van der Waals surface area (Å²) < 4.78 is 14.4. The number of halogens is 2. The van der Waals surface area contributed by atoms with Gasteiger partial charge < -0.3 is 15.7 Å². The lowest BCUT2D eigenvalue weighted by atomic mass is 10.0. The van der Waals surface area contributed by atoms with Crippen molar-refractivity contribution in [2.45, 2.75) is 19.9 Å². The molecule has 0 aliphatic carbocycles. The van der Waals surface area contributed by atoms with Gasteiger partial charge in [-0.1, -0.05) is 61.1 Å². The molecule has 1 heterocycles. The van der Waals surface area contributed by atoms with Crippen LogP contribution in [0.15, 0.2) is 60.7 Å². The molecule has 0 saturated heterocycles. The van der Waals surface area contributed by atoms with Crippen LogP contribution in [0.2, 0.25) is 5.02 Å². The number of carboxylic acid groups (broad SMARTS) is 1. The fourth-order valence-electron chi connectivity index (χ4n) is 3.45. The summed E-state index contributed by atoms with van der Waals surface area (Å²) >= 11 is 7.59. The fraction of sp³-hybridized carbons (Fsp3) is 0.160. The van der Waals surface area contributed by atoms with E-state index in [0.29, 0.717) is 15.3 Å². The Bertz CT molecular complexity index is 1370. The summed E-state index contributed by atoms with van der Waals surface area (Å²) in [6.07, 6.45) is 0. The number of anilines is 2. The number of nitrogens with zero attached hydrogens (tertiary/aromatic N) is 1. The quantitative estimate of drug-likeness (QED) is 0.277. The van der Waals surface area contributed by atoms with E-state index >= 15 is 0 Å². The van der Waals surface area contributed by atoms with Crippen molar-refractivity contribution in [3.05, 3.63) is 77.1 Å². The number of amides is 1. The van der Waals surface area contributed by atoms with E-state index in [1.165, 1.54) is 17.4 Å². The van der Waals surface area contributed by atoms with Crippen LogP contribution in [0.25, 0.3) is 21.3 Å². The second-order valence-corrected chi connectivity index (χ2v) is 9.44. The average molecular weight is 498 g/mol. The number of carbonyl (C=O) groups is 2. The van der Waals surface area contributed by atoms with Crippen LogP contribution in [0, 0.1) is 11.7 Å². The van der Waals surface area contributed by atoms with E-state index in [-0.39, 0.29) is 22.3 Å². The van der Waals surface area contributed by atoms with Crippen molar-refractivity contribution < 1.29 is 19.1 Å². The van der Waals surface area contributed by atoms with Crippen LogP contribution >= 0.6 is 22.9 Å². The van der Waals surface area contributed by atoms with Gasteiger partial charge in [-0.2, -0.15) is 0 Å². The fourth-order valence-corrected chi connectivity index (χ4v) is 4.61. The van der Waals surface area contributed by atoms with Crippen LogP contribution in [-0.4, -0.2) is 28.0 Å². The third kappa shape index (κ3) is 5.03. The SMILES string of the molecule is CC(C)[C@H](NC(=O)c1ccc(-c2ccc(Nc3nc4cccc(F)c4s3)cc2)cc1Cl)C(=O)O. The molecule has 9 heteroatoms. The van der Waals surface area contributed by atoms with Crippen molar-refractivity contribution >= 4 is 55.8 Å². The maximum Gasteiger partial charge on any atom is 0.326 e. The first kappa shape index (κ1) is 23.7. The third-order valence-electron chi connectivity index (χ3n) is 5.27. The van der Waals surface area contributed by atoms with E-state index in [9.17, 15) is 19.1 Å². The molecule has 4 rings (SSSR count). The van der Waals surface area contributed by atoms with Crippen molar-refractivity contribution in [3.63, 3.8) is 0 Å². The smallest absolute Gasteiger partial charge is 0.326 e. The largest absolute Gasteiger partial charge is 0.480 e. The van der Waals surface area contributed by atoms with Crippen LogP contribution in [0.5, 0.6) is 0 Å². The highest BCUT2D eigenvalue weighted by Gasteiger charge is 2.25. The second kappa shape index (κ2) is 9.79. The van der Waals surface area contributed by atoms with Crippen molar-refractivity contribution in [3.8, 4) is 11.1 Å². The number of carbonyl (C=O) groups excluding carboxylic acids is 1. The van der Waals surface area contributed by atoms with Gasteiger partial charge in [0.25, 0.3) is 5.91 Å². The number of thiazole rings is 1. The first-order chi connectivity index (χ1) is 16.2. The van der Waals surface area contributed by atoms with Gasteiger partial charge in [0, 0.05) is 5.69 Å². The Labute approximate surface area is 204 Å². The maximum absolute atomic E-state index is 13.9. The lowest BCUT2D eigenvalue weighted by Gasteiger charge is -2.18. The van der Waals surface area contributed by atoms with Gasteiger partial charge in [0.05, 0.1) is 20.8 Å². The monoisotopic (exact) mass is 497 g/mol. The van der Waals surface area contributed by atoms with E-state index in [0.717, 1.165) is 16.8 Å². The summed E-state index contributed by atoms with van der Waals surface area (Å²) in [5.41, 5.74) is 3.28. The number of hydrogen-bond acceptors (Lipinski definition) is 5. The lowest BCUT2D eigenvalue weighted by Crippen LogP contribution is -2.44. The van der Waals surface area contributed by atoms with E-state index < -0.39 is 17.9 Å². The summed E-state index contributed by atoms with van der Waals surface area (Å²) in [5, 5.41) is 15.8. The minimum absolute atomic E-state index is 0.207. The average Bonchev–Trinajstić information content (AvgIpc) is 3.21. The number of aliphatic carboxylic acids is 1. The number of hydrogen-bond donors (Lipinski definition) is 3. The third-order valence-corrected chi connectivity index (χ3v) is 6.58. The number of aromatic nitrogens is 1. The van der Waals surface area contributed by atoms with Crippen molar-refractivity contribution in [1.82, 2.24) is 10.3 Å². The molecule has 0 aliphatic heterocycles. The first-order valence-corrected chi connectivity index (χ1v) is 11.7. The van der Waals surface area contributed by atoms with Gasteiger partial charge in [0.2, 0.25) is 0 Å². The topological polar surface area (TPSA) is 91.3 Å². The van der Waals surface area contributed by atoms with Crippen molar-refractivity contribution in [2.75, 3.05) is 5.32 Å². The van der Waals surface area contributed by atoms with Crippen LogP contribution in [0.1, 0.15) is 24.2 Å². The molecule has 0 fully saturated rings. The zero-order valence-electron chi connectivity index (χ0n) is 18.3. The Morgan fingerprint density at radius 1 is 1.06 bits per heavy atom. The molecule has 3 N–H and O–H groups in total. The van der Waals surface area contributed by atoms with Gasteiger partial charge in [-0.05, 0) is 53.4 Å². The Morgan fingerprint density at radius 3 is 2.38 bits per heavy atom. The molecular formula is C25H21ClFN3O3S. The molecule has 0 spiro atoms. The van der Waals surface area contributed by atoms with E-state index in [1.807, 2.05) is 24.3 Å². The first-order valence-electron chi connectivity index (χ1n) is 10.5. The molecule has 174 valence electrons. The molecule has 1 atom stereocenters. The van der Waals surface area contributed by atoms with Gasteiger partial charge in [-0.25, -0.2) is 14.2 Å². The van der Waals surface area contributed by atoms with Crippen LogP contribution < -0.4 is 10.6 Å². The summed E-state index contributed by atoms with van der Waals surface area (Å²) in [5.74, 6) is -2.20. The Morgan fingerprint density at radius 2 is 1.76 bits per heavy atom. The standard InChI is InChI=1S/C25H21ClFN3O3S/c1-13(2)21(24(32)33)30-23(31)17-11-8-15(12-18(17)26)14-6-9-16(10-7-14)28-25-29-20-5-3-4-19(27)22(20)34-25/h3-13,21H,1-2H3,(H,28,29)(H,30,31)(H,32,33)/t21-/m0/s1. The summed E-state index contributed by atoms with van der Waals surface area (Å²) in [4.78, 5) is 28.3. The zero-order chi connectivity index (χ0) is 24.4. The number of nitrogens with one attached hydrogen (secondary N) is 2. The van der Waals surface area contributed by atoms with E-state index in [2.05, 4.69) is 15.6 Å². The molecule has 0 saturated carbocycles. The number of fused-ring (bicyclic) bond motifs is 1. The molecular weight excluding hydrogens is 477 g/mol. The van der Waals surface area contributed by atoms with E-state index in [1.54, 1.807) is 44.2 Å². The normalized spacial score (nSPS) is 12.0. The van der Waals surface area contributed by atoms with Crippen LogP contribution in [0.3, 0.4) is 0 Å². The molecule has 1 aromatic heterocycles. The Balaban J connectivity index is 1.49. The van der Waals surface area contributed by atoms with Gasteiger partial charge in [0.1, 0.15) is 11.9 Å². The molecule has 4 aromatic rings.